The summed E-state index contributed by atoms with van der Waals surface area (Å²) in [4.78, 5) is 10.5. The first-order valence-corrected chi connectivity index (χ1v) is 4.50. The van der Waals surface area contributed by atoms with Gasteiger partial charge in [0.2, 0.25) is 0 Å². The molecular weight excluding hydrogens is 182 g/mol. The highest BCUT2D eigenvalue weighted by Crippen LogP contribution is 2.22. The van der Waals surface area contributed by atoms with Gasteiger partial charge in [0.1, 0.15) is 6.04 Å². The Bertz CT molecular complexity index is 292. The fourth-order valence-electron chi connectivity index (χ4n) is 1.25. The first-order chi connectivity index (χ1) is 6.41. The third kappa shape index (κ3) is 2.97. The molecule has 0 bridgehead atoms. The molecule has 0 amide bonds. The van der Waals surface area contributed by atoms with Gasteiger partial charge >= 0.3 is 5.97 Å². The van der Waals surface area contributed by atoms with Crippen molar-refractivity contribution in [3.05, 3.63) is 23.8 Å². The maximum Gasteiger partial charge on any atom is 0.320 e. The molecule has 2 atom stereocenters. The van der Waals surface area contributed by atoms with E-state index in [-0.39, 0.29) is 0 Å². The van der Waals surface area contributed by atoms with E-state index < -0.39 is 17.6 Å². The Morgan fingerprint density at radius 2 is 2.43 bits per heavy atom. The second-order valence-electron chi connectivity index (χ2n) is 3.82. The molecule has 0 heterocycles. The quantitative estimate of drug-likeness (QED) is 0.612. The molecule has 0 spiro atoms. The standard InChI is InChI=1S/C10H15NO3/c1-10(14)4-2-7(3-5-10)6-8(11)9(12)13/h2-4,8,14H,5-6,11H2,1H3,(H,12,13). The zero-order chi connectivity index (χ0) is 10.8. The lowest BCUT2D eigenvalue weighted by molar-refractivity contribution is -0.138. The number of allylic oxidation sites excluding steroid dienone is 1. The molecular formula is C10H15NO3. The number of nitrogens with two attached hydrogens (primary N) is 1. The number of carboxylic acids is 1. The number of carboxylic acid groups (broad SMARTS) is 1. The molecule has 14 heavy (non-hydrogen) atoms. The van der Waals surface area contributed by atoms with E-state index in [4.69, 9.17) is 10.8 Å². The summed E-state index contributed by atoms with van der Waals surface area (Å²) in [5, 5.41) is 18.1. The molecule has 0 aromatic carbocycles. The smallest absolute Gasteiger partial charge is 0.320 e. The van der Waals surface area contributed by atoms with Gasteiger partial charge in [0.15, 0.2) is 0 Å². The summed E-state index contributed by atoms with van der Waals surface area (Å²) < 4.78 is 0. The molecule has 0 saturated heterocycles. The van der Waals surface area contributed by atoms with Crippen molar-refractivity contribution in [3.8, 4) is 0 Å². The predicted octanol–water partition coefficient (Wildman–Crippen LogP) is 0.426. The molecule has 0 aliphatic heterocycles. The predicted molar refractivity (Wildman–Crippen MR) is 52.7 cm³/mol. The summed E-state index contributed by atoms with van der Waals surface area (Å²) in [6.07, 6.45) is 6.03. The molecule has 4 N–H and O–H groups in total. The summed E-state index contributed by atoms with van der Waals surface area (Å²) in [5.74, 6) is -1.00. The first kappa shape index (κ1) is 10.9. The average Bonchev–Trinajstić information content (AvgIpc) is 2.08. The van der Waals surface area contributed by atoms with Gasteiger partial charge in [0.25, 0.3) is 0 Å². The summed E-state index contributed by atoms with van der Waals surface area (Å²) in [7, 11) is 0. The lowest BCUT2D eigenvalue weighted by atomic mass is 9.91. The van der Waals surface area contributed by atoms with Crippen molar-refractivity contribution < 1.29 is 15.0 Å². The third-order valence-electron chi connectivity index (χ3n) is 2.21. The zero-order valence-electron chi connectivity index (χ0n) is 8.10. The Labute approximate surface area is 82.7 Å². The molecule has 0 aromatic rings. The Morgan fingerprint density at radius 1 is 1.79 bits per heavy atom. The molecule has 0 fully saturated rings. The fraction of sp³-hybridized carbons (Fsp3) is 0.500. The Balaban J connectivity index is 2.54. The number of hydrogen-bond acceptors (Lipinski definition) is 3. The van der Waals surface area contributed by atoms with Crippen molar-refractivity contribution in [1.82, 2.24) is 0 Å². The Hall–Kier alpha value is -1.13. The van der Waals surface area contributed by atoms with Crippen LogP contribution in [-0.4, -0.2) is 27.8 Å². The van der Waals surface area contributed by atoms with Crippen LogP contribution in [0.1, 0.15) is 19.8 Å². The van der Waals surface area contributed by atoms with E-state index in [1.807, 2.05) is 6.08 Å². The molecule has 0 radical (unpaired) electrons. The van der Waals surface area contributed by atoms with Crippen molar-refractivity contribution in [2.45, 2.75) is 31.4 Å². The largest absolute Gasteiger partial charge is 0.480 e. The van der Waals surface area contributed by atoms with Crippen LogP contribution in [0.2, 0.25) is 0 Å². The molecule has 4 heteroatoms. The number of aliphatic hydroxyl groups is 1. The molecule has 78 valence electrons. The average molecular weight is 197 g/mol. The van der Waals surface area contributed by atoms with Crippen LogP contribution in [0.15, 0.2) is 23.8 Å². The molecule has 1 rings (SSSR count). The molecule has 0 aromatic heterocycles. The van der Waals surface area contributed by atoms with Gasteiger partial charge in [-0.05, 0) is 25.3 Å². The minimum absolute atomic E-state index is 0.307. The number of aliphatic carboxylic acids is 1. The van der Waals surface area contributed by atoms with E-state index in [1.165, 1.54) is 0 Å². The lowest BCUT2D eigenvalue weighted by Gasteiger charge is -2.21. The maximum absolute atomic E-state index is 10.5. The van der Waals surface area contributed by atoms with Crippen LogP contribution in [0.5, 0.6) is 0 Å². The van der Waals surface area contributed by atoms with Crippen molar-refractivity contribution in [2.24, 2.45) is 5.73 Å². The summed E-state index contributed by atoms with van der Waals surface area (Å²) in [6, 6.07) is -0.867. The van der Waals surface area contributed by atoms with E-state index in [9.17, 15) is 9.90 Å². The van der Waals surface area contributed by atoms with Crippen LogP contribution >= 0.6 is 0 Å². The van der Waals surface area contributed by atoms with Crippen LogP contribution in [0, 0.1) is 0 Å². The normalized spacial score (nSPS) is 28.4. The van der Waals surface area contributed by atoms with Gasteiger partial charge in [-0.15, -0.1) is 0 Å². The minimum Gasteiger partial charge on any atom is -0.480 e. The monoisotopic (exact) mass is 197 g/mol. The molecule has 1 aliphatic rings. The van der Waals surface area contributed by atoms with Gasteiger partial charge in [0, 0.05) is 0 Å². The van der Waals surface area contributed by atoms with Gasteiger partial charge in [0.05, 0.1) is 5.60 Å². The second-order valence-corrected chi connectivity index (χ2v) is 3.82. The third-order valence-corrected chi connectivity index (χ3v) is 2.21. The van der Waals surface area contributed by atoms with Gasteiger partial charge in [-0.3, -0.25) is 4.79 Å². The molecule has 4 nitrogen and oxygen atoms in total. The number of hydrogen-bond donors (Lipinski definition) is 3. The number of carbonyl (C=O) groups is 1. The van der Waals surface area contributed by atoms with E-state index in [0.717, 1.165) is 5.57 Å². The fourth-order valence-corrected chi connectivity index (χ4v) is 1.25. The van der Waals surface area contributed by atoms with Crippen LogP contribution in [0.25, 0.3) is 0 Å². The highest BCUT2D eigenvalue weighted by molar-refractivity contribution is 5.73. The van der Waals surface area contributed by atoms with Crippen molar-refractivity contribution in [2.75, 3.05) is 0 Å². The van der Waals surface area contributed by atoms with Crippen molar-refractivity contribution in [3.63, 3.8) is 0 Å². The minimum atomic E-state index is -1.00. The van der Waals surface area contributed by atoms with E-state index in [0.29, 0.717) is 12.8 Å². The molecule has 1 aliphatic carbocycles. The second kappa shape index (κ2) is 3.94. The highest BCUT2D eigenvalue weighted by Gasteiger charge is 2.20. The van der Waals surface area contributed by atoms with Crippen molar-refractivity contribution >= 4 is 5.97 Å². The first-order valence-electron chi connectivity index (χ1n) is 4.50. The van der Waals surface area contributed by atoms with Crippen LogP contribution in [-0.2, 0) is 4.79 Å². The van der Waals surface area contributed by atoms with E-state index in [1.54, 1.807) is 19.1 Å². The van der Waals surface area contributed by atoms with E-state index in [2.05, 4.69) is 0 Å². The number of rotatable bonds is 3. The van der Waals surface area contributed by atoms with Gasteiger partial charge in [-0.1, -0.05) is 18.2 Å². The summed E-state index contributed by atoms with van der Waals surface area (Å²) in [6.45, 7) is 1.70. The van der Waals surface area contributed by atoms with Crippen LogP contribution in [0.3, 0.4) is 0 Å². The lowest BCUT2D eigenvalue weighted by Crippen LogP contribution is -2.31. The summed E-state index contributed by atoms with van der Waals surface area (Å²) in [5.41, 5.74) is 5.44. The van der Waals surface area contributed by atoms with E-state index >= 15 is 0 Å². The zero-order valence-corrected chi connectivity index (χ0v) is 8.10. The van der Waals surface area contributed by atoms with Gasteiger partial charge in [-0.25, -0.2) is 0 Å². The Kier molecular flexibility index (Phi) is 3.08. The van der Waals surface area contributed by atoms with Crippen molar-refractivity contribution in [1.29, 1.82) is 0 Å². The molecule has 0 saturated carbocycles. The van der Waals surface area contributed by atoms with Gasteiger partial charge < -0.3 is 15.9 Å². The maximum atomic E-state index is 10.5. The van der Waals surface area contributed by atoms with Gasteiger partial charge in [-0.2, -0.15) is 0 Å². The topological polar surface area (TPSA) is 83.5 Å². The SMILES string of the molecule is CC1(O)C=CC(CC(N)C(=O)O)=CC1. The summed E-state index contributed by atoms with van der Waals surface area (Å²) >= 11 is 0. The Morgan fingerprint density at radius 3 is 2.86 bits per heavy atom. The highest BCUT2D eigenvalue weighted by atomic mass is 16.4. The van der Waals surface area contributed by atoms with Crippen LogP contribution in [0.4, 0.5) is 0 Å². The van der Waals surface area contributed by atoms with Crippen LogP contribution < -0.4 is 5.73 Å². The molecule has 2 unspecified atom stereocenters.